The summed E-state index contributed by atoms with van der Waals surface area (Å²) in [6.07, 6.45) is 9.99. The average molecular weight is 338 g/mol. The maximum Gasteiger partial charge on any atom is 0.379 e. The maximum absolute atomic E-state index is 11.0. The van der Waals surface area contributed by atoms with Crippen LogP contribution in [0.5, 0.6) is 11.5 Å². The quantitative estimate of drug-likeness (QED) is 0.319. The van der Waals surface area contributed by atoms with Crippen molar-refractivity contribution in [2.75, 3.05) is 13.2 Å². The van der Waals surface area contributed by atoms with Crippen LogP contribution in [0, 0.1) is 0 Å². The SMILES string of the molecule is CCCCCCCCCc1ccc(OCC(=O)OO)c(OCC)c1. The molecule has 0 saturated carbocycles. The molecule has 1 rings (SSSR count). The predicted octanol–water partition coefficient (Wildman–Crippen LogP) is 4.77. The Morgan fingerprint density at radius 3 is 2.33 bits per heavy atom. The first kappa shape index (κ1) is 20.3. The highest BCUT2D eigenvalue weighted by Crippen LogP contribution is 2.29. The van der Waals surface area contributed by atoms with Crippen LogP contribution in [0.15, 0.2) is 18.2 Å². The first-order valence-electron chi connectivity index (χ1n) is 8.94. The zero-order valence-corrected chi connectivity index (χ0v) is 14.9. The molecule has 0 atom stereocenters. The second-order valence-electron chi connectivity index (χ2n) is 5.84. The second-order valence-corrected chi connectivity index (χ2v) is 5.84. The molecule has 0 radical (unpaired) electrons. The summed E-state index contributed by atoms with van der Waals surface area (Å²) in [5, 5.41) is 8.26. The molecule has 136 valence electrons. The van der Waals surface area contributed by atoms with Crippen molar-refractivity contribution in [1.82, 2.24) is 0 Å². The fraction of sp³-hybridized carbons (Fsp3) is 0.632. The maximum atomic E-state index is 11.0. The Kier molecular flexibility index (Phi) is 10.7. The summed E-state index contributed by atoms with van der Waals surface area (Å²) in [5.41, 5.74) is 1.20. The summed E-state index contributed by atoms with van der Waals surface area (Å²) in [7, 11) is 0. The van der Waals surface area contributed by atoms with Gasteiger partial charge in [-0.15, -0.1) is 0 Å². The van der Waals surface area contributed by atoms with Gasteiger partial charge in [0.25, 0.3) is 0 Å². The summed E-state index contributed by atoms with van der Waals surface area (Å²) in [4.78, 5) is 14.5. The first-order valence-corrected chi connectivity index (χ1v) is 8.94. The van der Waals surface area contributed by atoms with Crippen LogP contribution in [-0.4, -0.2) is 24.4 Å². The summed E-state index contributed by atoms with van der Waals surface area (Å²) in [5.74, 6) is 0.249. The van der Waals surface area contributed by atoms with Crippen molar-refractivity contribution in [3.05, 3.63) is 23.8 Å². The highest BCUT2D eigenvalue weighted by Gasteiger charge is 2.10. The molecule has 1 aromatic rings. The second kappa shape index (κ2) is 12.6. The summed E-state index contributed by atoms with van der Waals surface area (Å²) in [6, 6.07) is 5.74. The highest BCUT2D eigenvalue weighted by atomic mass is 17.1. The van der Waals surface area contributed by atoms with Gasteiger partial charge in [0.15, 0.2) is 18.1 Å². The van der Waals surface area contributed by atoms with E-state index in [1.807, 2.05) is 19.1 Å². The zero-order chi connectivity index (χ0) is 17.6. The number of hydrogen-bond acceptors (Lipinski definition) is 5. The van der Waals surface area contributed by atoms with Crippen molar-refractivity contribution < 1.29 is 24.4 Å². The smallest absolute Gasteiger partial charge is 0.379 e. The van der Waals surface area contributed by atoms with E-state index in [1.165, 1.54) is 44.1 Å². The van der Waals surface area contributed by atoms with E-state index < -0.39 is 5.97 Å². The molecule has 0 saturated heterocycles. The van der Waals surface area contributed by atoms with Gasteiger partial charge in [-0.1, -0.05) is 51.5 Å². The van der Waals surface area contributed by atoms with Crippen LogP contribution in [0.1, 0.15) is 64.4 Å². The Morgan fingerprint density at radius 2 is 1.67 bits per heavy atom. The van der Waals surface area contributed by atoms with Crippen LogP contribution in [0.4, 0.5) is 0 Å². The molecule has 5 nitrogen and oxygen atoms in total. The Labute approximate surface area is 144 Å². The standard InChI is InChI=1S/C19H30O5/c1-3-5-6-7-8-9-10-11-16-12-13-17(18(14-16)22-4-2)23-15-19(20)24-21/h12-14,21H,3-11,15H2,1-2H3. The van der Waals surface area contributed by atoms with Crippen molar-refractivity contribution in [2.45, 2.75) is 65.2 Å². The minimum absolute atomic E-state index is 0.353. The van der Waals surface area contributed by atoms with E-state index >= 15 is 0 Å². The molecule has 0 fully saturated rings. The Balaban J connectivity index is 2.45. The molecule has 0 aliphatic rings. The molecule has 1 N–H and O–H groups in total. The molecule has 5 heteroatoms. The lowest BCUT2D eigenvalue weighted by Gasteiger charge is -2.12. The van der Waals surface area contributed by atoms with Crippen molar-refractivity contribution in [2.24, 2.45) is 0 Å². The van der Waals surface area contributed by atoms with Gasteiger partial charge in [-0.2, -0.15) is 5.26 Å². The predicted molar refractivity (Wildman–Crippen MR) is 93.5 cm³/mol. The largest absolute Gasteiger partial charge is 0.490 e. The lowest BCUT2D eigenvalue weighted by Crippen LogP contribution is -2.13. The topological polar surface area (TPSA) is 65.0 Å². The van der Waals surface area contributed by atoms with Crippen LogP contribution < -0.4 is 9.47 Å². The Hall–Kier alpha value is -1.75. The van der Waals surface area contributed by atoms with Gasteiger partial charge in [-0.05, 0) is 37.5 Å². The number of rotatable bonds is 13. The fourth-order valence-corrected chi connectivity index (χ4v) is 2.54. The third kappa shape index (κ3) is 8.20. The van der Waals surface area contributed by atoms with Gasteiger partial charge in [0.1, 0.15) is 0 Å². The number of hydrogen-bond donors (Lipinski definition) is 1. The van der Waals surface area contributed by atoms with Crippen molar-refractivity contribution in [3.63, 3.8) is 0 Å². The van der Waals surface area contributed by atoms with Crippen molar-refractivity contribution in [1.29, 1.82) is 0 Å². The number of aryl methyl sites for hydroxylation is 1. The monoisotopic (exact) mass is 338 g/mol. The van der Waals surface area contributed by atoms with E-state index in [2.05, 4.69) is 11.8 Å². The third-order valence-corrected chi connectivity index (χ3v) is 3.82. The molecule has 0 bridgehead atoms. The normalized spacial score (nSPS) is 10.5. The molecule has 24 heavy (non-hydrogen) atoms. The van der Waals surface area contributed by atoms with Crippen molar-refractivity contribution in [3.8, 4) is 11.5 Å². The number of ether oxygens (including phenoxy) is 2. The van der Waals surface area contributed by atoms with Crippen LogP contribution in [0.25, 0.3) is 0 Å². The minimum Gasteiger partial charge on any atom is -0.490 e. The van der Waals surface area contributed by atoms with E-state index in [1.54, 1.807) is 6.07 Å². The molecule has 1 aromatic carbocycles. The van der Waals surface area contributed by atoms with Crippen LogP contribution in [0.3, 0.4) is 0 Å². The Bertz CT molecular complexity index is 473. The molecular formula is C19H30O5. The molecule has 0 amide bonds. The van der Waals surface area contributed by atoms with E-state index in [0.717, 1.165) is 12.8 Å². The van der Waals surface area contributed by atoms with E-state index in [9.17, 15) is 4.79 Å². The lowest BCUT2D eigenvalue weighted by molar-refractivity contribution is -0.236. The van der Waals surface area contributed by atoms with Crippen molar-refractivity contribution >= 4 is 5.97 Å². The number of carbonyl (C=O) groups excluding carboxylic acids is 1. The van der Waals surface area contributed by atoms with Gasteiger partial charge in [0.05, 0.1) is 6.61 Å². The molecule has 0 aromatic heterocycles. The van der Waals surface area contributed by atoms with E-state index in [4.69, 9.17) is 14.7 Å². The van der Waals surface area contributed by atoms with Crippen LogP contribution in [-0.2, 0) is 16.1 Å². The molecule has 0 heterocycles. The average Bonchev–Trinajstić information content (AvgIpc) is 2.60. The van der Waals surface area contributed by atoms with Gasteiger partial charge in [-0.25, -0.2) is 4.79 Å². The fourth-order valence-electron chi connectivity index (χ4n) is 2.54. The molecule has 0 aliphatic heterocycles. The van der Waals surface area contributed by atoms with Gasteiger partial charge in [0, 0.05) is 0 Å². The number of unbranched alkanes of at least 4 members (excludes halogenated alkanes) is 6. The lowest BCUT2D eigenvalue weighted by atomic mass is 10.0. The first-order chi connectivity index (χ1) is 11.7. The zero-order valence-electron chi connectivity index (χ0n) is 14.9. The summed E-state index contributed by atoms with van der Waals surface area (Å²) in [6.45, 7) is 4.29. The van der Waals surface area contributed by atoms with Gasteiger partial charge in [0.2, 0.25) is 0 Å². The molecular weight excluding hydrogens is 308 g/mol. The van der Waals surface area contributed by atoms with Gasteiger partial charge in [-0.3, -0.25) is 4.89 Å². The van der Waals surface area contributed by atoms with Gasteiger partial charge >= 0.3 is 5.97 Å². The number of benzene rings is 1. The molecule has 0 spiro atoms. The van der Waals surface area contributed by atoms with Gasteiger partial charge < -0.3 is 9.47 Å². The minimum atomic E-state index is -0.843. The Morgan fingerprint density at radius 1 is 0.958 bits per heavy atom. The summed E-state index contributed by atoms with van der Waals surface area (Å²) >= 11 is 0. The summed E-state index contributed by atoms with van der Waals surface area (Å²) < 4.78 is 10.9. The van der Waals surface area contributed by atoms with E-state index in [-0.39, 0.29) is 6.61 Å². The van der Waals surface area contributed by atoms with Crippen LogP contribution in [0.2, 0.25) is 0 Å². The van der Waals surface area contributed by atoms with Crippen LogP contribution >= 0.6 is 0 Å². The third-order valence-electron chi connectivity index (χ3n) is 3.82. The molecule has 0 aliphatic carbocycles. The van der Waals surface area contributed by atoms with E-state index in [0.29, 0.717) is 18.1 Å². The molecule has 0 unspecified atom stereocenters. The number of carbonyl (C=O) groups is 1. The highest BCUT2D eigenvalue weighted by molar-refractivity contribution is 5.70.